The lowest BCUT2D eigenvalue weighted by Gasteiger charge is -2.26. The van der Waals surface area contributed by atoms with Crippen molar-refractivity contribution in [3.63, 3.8) is 0 Å². The molecule has 0 unspecified atom stereocenters. The van der Waals surface area contributed by atoms with Gasteiger partial charge in [0.1, 0.15) is 12.7 Å². The van der Waals surface area contributed by atoms with Gasteiger partial charge in [-0.3, -0.25) is 4.79 Å². The number of fused-ring (bicyclic) bond motifs is 1. The van der Waals surface area contributed by atoms with Gasteiger partial charge in [0.15, 0.2) is 11.5 Å². The topological polar surface area (TPSA) is 47.6 Å². The van der Waals surface area contributed by atoms with E-state index in [1.54, 1.807) is 0 Å². The maximum atomic E-state index is 13.0. The fourth-order valence-electron chi connectivity index (χ4n) is 3.08. The molecule has 1 N–H and O–H groups in total. The van der Waals surface area contributed by atoms with Crippen molar-refractivity contribution in [2.75, 3.05) is 13.2 Å². The van der Waals surface area contributed by atoms with Gasteiger partial charge in [-0.25, -0.2) is 0 Å². The number of hydrogen-bond donors (Lipinski definition) is 1. The van der Waals surface area contributed by atoms with Crippen molar-refractivity contribution in [1.82, 2.24) is 5.32 Å². The Morgan fingerprint density at radius 1 is 0.893 bits per heavy atom. The Labute approximate surface area is 164 Å². The van der Waals surface area contributed by atoms with Crippen LogP contribution in [0.3, 0.4) is 0 Å². The van der Waals surface area contributed by atoms with Gasteiger partial charge < -0.3 is 14.8 Å². The molecule has 4 heteroatoms. The van der Waals surface area contributed by atoms with E-state index >= 15 is 0 Å². The van der Waals surface area contributed by atoms with Crippen LogP contribution in [0.15, 0.2) is 84.9 Å². The smallest absolute Gasteiger partial charge is 0.252 e. The second-order valence-corrected chi connectivity index (χ2v) is 6.54. The lowest BCUT2D eigenvalue weighted by atomic mass is 10.0. The Bertz CT molecular complexity index is 967. The molecule has 0 aromatic heterocycles. The number of amides is 1. The monoisotopic (exact) mass is 371 g/mol. The average Bonchev–Trinajstić information content (AvgIpc) is 2.77. The summed E-state index contributed by atoms with van der Waals surface area (Å²) in [6.45, 7) is 0.770. The first kappa shape index (κ1) is 17.9. The number of rotatable bonds is 5. The molecule has 0 fully saturated rings. The van der Waals surface area contributed by atoms with Gasteiger partial charge >= 0.3 is 0 Å². The zero-order valence-corrected chi connectivity index (χ0v) is 15.4. The fraction of sp³-hybridized carbons (Fsp3) is 0.125. The maximum Gasteiger partial charge on any atom is 0.252 e. The molecule has 28 heavy (non-hydrogen) atoms. The third-order valence-electron chi connectivity index (χ3n) is 4.50. The standard InChI is InChI=1S/C24H21NO3/c26-24(25-16-20-17-27-22-13-7-8-14-23(22)28-20)21(19-11-5-2-6-12-19)15-18-9-3-1-4-10-18/h1-15,20H,16-17H2,(H,25,26)/b21-15+/t20-/m0/s1. The Morgan fingerprint density at radius 2 is 1.54 bits per heavy atom. The predicted octanol–water partition coefficient (Wildman–Crippen LogP) is 4.18. The number of hydrogen-bond acceptors (Lipinski definition) is 3. The molecule has 1 atom stereocenters. The van der Waals surface area contributed by atoms with Crippen LogP contribution in [0.25, 0.3) is 11.6 Å². The van der Waals surface area contributed by atoms with Gasteiger partial charge in [0.2, 0.25) is 0 Å². The first-order valence-electron chi connectivity index (χ1n) is 9.28. The number of nitrogens with one attached hydrogen (secondary N) is 1. The SMILES string of the molecule is O=C(NC[C@H]1COc2ccccc2O1)/C(=C/c1ccccc1)c1ccccc1. The molecular weight excluding hydrogens is 350 g/mol. The molecule has 4 nitrogen and oxygen atoms in total. The maximum absolute atomic E-state index is 13.0. The highest BCUT2D eigenvalue weighted by Gasteiger charge is 2.22. The van der Waals surface area contributed by atoms with Crippen molar-refractivity contribution in [2.45, 2.75) is 6.10 Å². The van der Waals surface area contributed by atoms with Crippen molar-refractivity contribution in [2.24, 2.45) is 0 Å². The van der Waals surface area contributed by atoms with Gasteiger partial charge in [-0.2, -0.15) is 0 Å². The van der Waals surface area contributed by atoms with E-state index in [1.165, 1.54) is 0 Å². The molecular formula is C24H21NO3. The molecule has 0 radical (unpaired) electrons. The van der Waals surface area contributed by atoms with E-state index in [0.717, 1.165) is 16.9 Å². The molecule has 1 aliphatic heterocycles. The van der Waals surface area contributed by atoms with Crippen LogP contribution in [0.5, 0.6) is 11.5 Å². The summed E-state index contributed by atoms with van der Waals surface area (Å²) in [5.74, 6) is 1.30. The minimum Gasteiger partial charge on any atom is -0.486 e. The van der Waals surface area contributed by atoms with Gasteiger partial charge in [-0.05, 0) is 29.3 Å². The van der Waals surface area contributed by atoms with Gasteiger partial charge in [0, 0.05) is 5.57 Å². The number of carbonyl (C=O) groups is 1. The van der Waals surface area contributed by atoms with Crippen LogP contribution in [0, 0.1) is 0 Å². The summed E-state index contributed by atoms with van der Waals surface area (Å²) in [6.07, 6.45) is 1.67. The number of benzene rings is 3. The molecule has 0 saturated carbocycles. The van der Waals surface area contributed by atoms with Crippen LogP contribution in [0.1, 0.15) is 11.1 Å². The quantitative estimate of drug-likeness (QED) is 0.541. The van der Waals surface area contributed by atoms with Gasteiger partial charge in [0.05, 0.1) is 6.54 Å². The van der Waals surface area contributed by atoms with Crippen molar-refractivity contribution in [3.05, 3.63) is 96.1 Å². The normalized spacial score (nSPS) is 15.7. The summed E-state index contributed by atoms with van der Waals surface area (Å²) in [4.78, 5) is 13.0. The minimum absolute atomic E-state index is 0.141. The summed E-state index contributed by atoms with van der Waals surface area (Å²) in [5.41, 5.74) is 2.46. The molecule has 0 saturated heterocycles. The summed E-state index contributed by atoms with van der Waals surface area (Å²) in [7, 11) is 0. The van der Waals surface area contributed by atoms with E-state index in [1.807, 2.05) is 91.0 Å². The average molecular weight is 371 g/mol. The predicted molar refractivity (Wildman–Crippen MR) is 110 cm³/mol. The molecule has 0 aliphatic carbocycles. The molecule has 0 bridgehead atoms. The van der Waals surface area contributed by atoms with Crippen LogP contribution in [0.4, 0.5) is 0 Å². The third-order valence-corrected chi connectivity index (χ3v) is 4.50. The van der Waals surface area contributed by atoms with Crippen molar-refractivity contribution >= 4 is 17.6 Å². The van der Waals surface area contributed by atoms with E-state index in [-0.39, 0.29) is 12.0 Å². The van der Waals surface area contributed by atoms with Gasteiger partial charge in [0.25, 0.3) is 5.91 Å². The van der Waals surface area contributed by atoms with E-state index in [9.17, 15) is 4.79 Å². The second kappa shape index (κ2) is 8.44. The van der Waals surface area contributed by atoms with Crippen LogP contribution in [0.2, 0.25) is 0 Å². The Morgan fingerprint density at radius 3 is 2.29 bits per heavy atom. The van der Waals surface area contributed by atoms with Crippen LogP contribution in [-0.2, 0) is 4.79 Å². The highest BCUT2D eigenvalue weighted by Crippen LogP contribution is 2.30. The molecule has 4 rings (SSSR count). The van der Waals surface area contributed by atoms with Gasteiger partial charge in [-0.1, -0.05) is 72.8 Å². The summed E-state index contributed by atoms with van der Waals surface area (Å²) in [5, 5.41) is 2.99. The van der Waals surface area contributed by atoms with E-state index in [0.29, 0.717) is 24.5 Å². The molecule has 140 valence electrons. The first-order valence-corrected chi connectivity index (χ1v) is 9.28. The lowest BCUT2D eigenvalue weighted by molar-refractivity contribution is -0.116. The Kier molecular flexibility index (Phi) is 5.38. The lowest BCUT2D eigenvalue weighted by Crippen LogP contribution is -2.41. The van der Waals surface area contributed by atoms with Crippen molar-refractivity contribution in [1.29, 1.82) is 0 Å². The summed E-state index contributed by atoms with van der Waals surface area (Å²) >= 11 is 0. The molecule has 1 amide bonds. The highest BCUT2D eigenvalue weighted by molar-refractivity contribution is 6.24. The van der Waals surface area contributed by atoms with E-state index in [4.69, 9.17) is 9.47 Å². The zero-order valence-electron chi connectivity index (χ0n) is 15.4. The van der Waals surface area contributed by atoms with E-state index < -0.39 is 0 Å². The first-order chi connectivity index (χ1) is 13.8. The number of carbonyl (C=O) groups excluding carboxylic acids is 1. The largest absolute Gasteiger partial charge is 0.486 e. The zero-order chi connectivity index (χ0) is 19.2. The van der Waals surface area contributed by atoms with E-state index in [2.05, 4.69) is 5.32 Å². The molecule has 1 heterocycles. The Hall–Kier alpha value is -3.53. The second-order valence-electron chi connectivity index (χ2n) is 6.54. The Balaban J connectivity index is 1.48. The number of ether oxygens (including phenoxy) is 2. The molecule has 1 aliphatic rings. The van der Waals surface area contributed by atoms with Crippen molar-refractivity contribution < 1.29 is 14.3 Å². The third kappa shape index (κ3) is 4.23. The summed E-state index contributed by atoms with van der Waals surface area (Å²) in [6, 6.07) is 27.0. The molecule has 0 spiro atoms. The number of para-hydroxylation sites is 2. The van der Waals surface area contributed by atoms with Crippen LogP contribution < -0.4 is 14.8 Å². The fourth-order valence-corrected chi connectivity index (χ4v) is 3.08. The molecule has 3 aromatic carbocycles. The van der Waals surface area contributed by atoms with Gasteiger partial charge in [-0.15, -0.1) is 0 Å². The van der Waals surface area contributed by atoms with Crippen molar-refractivity contribution in [3.8, 4) is 11.5 Å². The van der Waals surface area contributed by atoms with Crippen LogP contribution >= 0.6 is 0 Å². The van der Waals surface area contributed by atoms with Crippen LogP contribution in [-0.4, -0.2) is 25.2 Å². The highest BCUT2D eigenvalue weighted by atomic mass is 16.6. The minimum atomic E-state index is -0.229. The summed E-state index contributed by atoms with van der Waals surface area (Å²) < 4.78 is 11.6. The molecule has 3 aromatic rings.